The maximum absolute atomic E-state index is 14.2. The lowest BCUT2D eigenvalue weighted by Gasteiger charge is -2.21. The van der Waals surface area contributed by atoms with E-state index in [0.717, 1.165) is 27.7 Å². The molecule has 3 heteroatoms. The average molecular weight is 336 g/mol. The maximum atomic E-state index is 14.2. The van der Waals surface area contributed by atoms with Gasteiger partial charge in [0.15, 0.2) is 0 Å². The molecule has 0 saturated heterocycles. The van der Waals surface area contributed by atoms with Crippen molar-refractivity contribution in [3.05, 3.63) is 68.9 Å². The van der Waals surface area contributed by atoms with Gasteiger partial charge in [-0.3, -0.25) is 0 Å². The van der Waals surface area contributed by atoms with Crippen LogP contribution in [0.2, 0.25) is 0 Å². The van der Waals surface area contributed by atoms with Gasteiger partial charge in [0.1, 0.15) is 5.82 Å². The van der Waals surface area contributed by atoms with Crippen molar-refractivity contribution in [1.82, 2.24) is 5.32 Å². The molecule has 0 aliphatic heterocycles. The van der Waals surface area contributed by atoms with Gasteiger partial charge >= 0.3 is 0 Å². The number of hydrogen-bond acceptors (Lipinski definition) is 1. The standard InChI is InChI=1S/C17H19BrFN/c1-4-20-17(13-6-7-15(18)12(3)10-13)14-9-11(2)5-8-16(14)19/h5-10,17,20H,4H2,1-3H3. The summed E-state index contributed by atoms with van der Waals surface area (Å²) < 4.78 is 15.2. The van der Waals surface area contributed by atoms with Crippen LogP contribution in [0.5, 0.6) is 0 Å². The fourth-order valence-electron chi connectivity index (χ4n) is 2.34. The number of benzene rings is 2. The molecule has 0 radical (unpaired) electrons. The van der Waals surface area contributed by atoms with Gasteiger partial charge in [-0.2, -0.15) is 0 Å². The fraction of sp³-hybridized carbons (Fsp3) is 0.294. The van der Waals surface area contributed by atoms with E-state index < -0.39 is 0 Å². The predicted octanol–water partition coefficient (Wildman–Crippen LogP) is 4.90. The molecular formula is C17H19BrFN. The first-order valence-electron chi connectivity index (χ1n) is 6.78. The lowest BCUT2D eigenvalue weighted by Crippen LogP contribution is -2.23. The highest BCUT2D eigenvalue weighted by molar-refractivity contribution is 9.10. The molecule has 0 bridgehead atoms. The van der Waals surface area contributed by atoms with Gasteiger partial charge < -0.3 is 5.32 Å². The lowest BCUT2D eigenvalue weighted by molar-refractivity contribution is 0.558. The molecular weight excluding hydrogens is 317 g/mol. The molecule has 0 aliphatic rings. The summed E-state index contributed by atoms with van der Waals surface area (Å²) in [5, 5.41) is 3.37. The molecule has 2 rings (SSSR count). The Morgan fingerprint density at radius 3 is 2.55 bits per heavy atom. The third kappa shape index (κ3) is 3.28. The topological polar surface area (TPSA) is 12.0 Å². The van der Waals surface area contributed by atoms with Crippen molar-refractivity contribution in [3.8, 4) is 0 Å². The minimum atomic E-state index is -0.165. The highest BCUT2D eigenvalue weighted by Gasteiger charge is 2.17. The summed E-state index contributed by atoms with van der Waals surface area (Å²) in [5.41, 5.74) is 4.00. The van der Waals surface area contributed by atoms with Gasteiger partial charge in [-0.1, -0.05) is 52.7 Å². The van der Waals surface area contributed by atoms with Crippen molar-refractivity contribution >= 4 is 15.9 Å². The SMILES string of the molecule is CCNC(c1ccc(Br)c(C)c1)c1cc(C)ccc1F. The van der Waals surface area contributed by atoms with Crippen molar-refractivity contribution in [2.75, 3.05) is 6.54 Å². The first-order valence-corrected chi connectivity index (χ1v) is 7.57. The Morgan fingerprint density at radius 2 is 1.90 bits per heavy atom. The molecule has 1 N–H and O–H groups in total. The maximum Gasteiger partial charge on any atom is 0.128 e. The van der Waals surface area contributed by atoms with Gasteiger partial charge in [0.05, 0.1) is 6.04 Å². The Balaban J connectivity index is 2.49. The Kier molecular flexibility index (Phi) is 4.95. The van der Waals surface area contributed by atoms with Gasteiger partial charge in [0, 0.05) is 10.0 Å². The van der Waals surface area contributed by atoms with E-state index in [2.05, 4.69) is 27.3 Å². The summed E-state index contributed by atoms with van der Waals surface area (Å²) in [6.45, 7) is 6.85. The van der Waals surface area contributed by atoms with Crippen LogP contribution in [0.4, 0.5) is 4.39 Å². The summed E-state index contributed by atoms with van der Waals surface area (Å²) in [6.07, 6.45) is 0. The van der Waals surface area contributed by atoms with Gasteiger partial charge in [-0.05, 0) is 43.7 Å². The average Bonchev–Trinajstić information content (AvgIpc) is 2.42. The number of hydrogen-bond donors (Lipinski definition) is 1. The third-order valence-electron chi connectivity index (χ3n) is 3.39. The Morgan fingerprint density at radius 1 is 1.15 bits per heavy atom. The summed E-state index contributed by atoms with van der Waals surface area (Å²) in [7, 11) is 0. The molecule has 0 amide bonds. The van der Waals surface area contributed by atoms with Crippen LogP contribution in [0, 0.1) is 19.7 Å². The van der Waals surface area contributed by atoms with Gasteiger partial charge in [0.2, 0.25) is 0 Å². The molecule has 2 aromatic rings. The molecule has 0 saturated carbocycles. The Labute approximate surface area is 128 Å². The highest BCUT2D eigenvalue weighted by Crippen LogP contribution is 2.28. The fourth-order valence-corrected chi connectivity index (χ4v) is 2.59. The third-order valence-corrected chi connectivity index (χ3v) is 4.28. The van der Waals surface area contributed by atoms with Crippen molar-refractivity contribution in [3.63, 3.8) is 0 Å². The monoisotopic (exact) mass is 335 g/mol. The molecule has 1 atom stereocenters. The zero-order chi connectivity index (χ0) is 14.7. The second-order valence-corrected chi connectivity index (χ2v) is 5.88. The normalized spacial score (nSPS) is 12.4. The molecule has 20 heavy (non-hydrogen) atoms. The Bertz CT molecular complexity index is 610. The molecule has 106 valence electrons. The van der Waals surface area contributed by atoms with Crippen LogP contribution in [0.3, 0.4) is 0 Å². The van der Waals surface area contributed by atoms with Gasteiger partial charge in [-0.15, -0.1) is 0 Å². The van der Waals surface area contributed by atoms with E-state index in [1.807, 2.05) is 39.0 Å². The molecule has 1 unspecified atom stereocenters. The van der Waals surface area contributed by atoms with Crippen LogP contribution in [-0.4, -0.2) is 6.54 Å². The second-order valence-electron chi connectivity index (χ2n) is 5.02. The molecule has 1 nitrogen and oxygen atoms in total. The molecule has 0 spiro atoms. The molecule has 2 aromatic carbocycles. The van der Waals surface area contributed by atoms with Crippen LogP contribution in [0.15, 0.2) is 40.9 Å². The zero-order valence-electron chi connectivity index (χ0n) is 12.0. The van der Waals surface area contributed by atoms with E-state index in [9.17, 15) is 4.39 Å². The largest absolute Gasteiger partial charge is 0.306 e. The number of aryl methyl sites for hydroxylation is 2. The number of nitrogens with one attached hydrogen (secondary N) is 1. The minimum absolute atomic E-state index is 0.119. The summed E-state index contributed by atoms with van der Waals surface area (Å²) >= 11 is 3.51. The minimum Gasteiger partial charge on any atom is -0.306 e. The second kappa shape index (κ2) is 6.51. The summed E-state index contributed by atoms with van der Waals surface area (Å²) in [5.74, 6) is -0.165. The first kappa shape index (κ1) is 15.2. The quantitative estimate of drug-likeness (QED) is 0.837. The van der Waals surface area contributed by atoms with Crippen LogP contribution < -0.4 is 5.32 Å². The smallest absolute Gasteiger partial charge is 0.128 e. The van der Waals surface area contributed by atoms with E-state index in [1.165, 1.54) is 0 Å². The van der Waals surface area contributed by atoms with Crippen LogP contribution in [0.25, 0.3) is 0 Å². The van der Waals surface area contributed by atoms with Crippen molar-refractivity contribution in [1.29, 1.82) is 0 Å². The number of halogens is 2. The zero-order valence-corrected chi connectivity index (χ0v) is 13.6. The van der Waals surface area contributed by atoms with Crippen molar-refractivity contribution in [2.24, 2.45) is 0 Å². The van der Waals surface area contributed by atoms with Gasteiger partial charge in [-0.25, -0.2) is 4.39 Å². The van der Waals surface area contributed by atoms with E-state index in [-0.39, 0.29) is 11.9 Å². The first-order chi connectivity index (χ1) is 9.52. The number of rotatable bonds is 4. The molecule has 0 aliphatic carbocycles. The molecule has 0 fully saturated rings. The van der Waals surface area contributed by atoms with E-state index in [4.69, 9.17) is 0 Å². The lowest BCUT2D eigenvalue weighted by atomic mass is 9.95. The van der Waals surface area contributed by atoms with E-state index in [0.29, 0.717) is 5.56 Å². The highest BCUT2D eigenvalue weighted by atomic mass is 79.9. The Hall–Kier alpha value is -1.19. The van der Waals surface area contributed by atoms with Crippen molar-refractivity contribution in [2.45, 2.75) is 26.8 Å². The predicted molar refractivity (Wildman–Crippen MR) is 85.5 cm³/mol. The van der Waals surface area contributed by atoms with Crippen LogP contribution in [-0.2, 0) is 0 Å². The summed E-state index contributed by atoms with van der Waals surface area (Å²) in [6, 6.07) is 11.3. The van der Waals surface area contributed by atoms with E-state index >= 15 is 0 Å². The van der Waals surface area contributed by atoms with Crippen LogP contribution in [0.1, 0.15) is 35.2 Å². The van der Waals surface area contributed by atoms with E-state index in [1.54, 1.807) is 12.1 Å². The molecule has 0 aromatic heterocycles. The van der Waals surface area contributed by atoms with Gasteiger partial charge in [0.25, 0.3) is 0 Å². The molecule has 0 heterocycles. The van der Waals surface area contributed by atoms with Crippen molar-refractivity contribution < 1.29 is 4.39 Å². The summed E-state index contributed by atoms with van der Waals surface area (Å²) in [4.78, 5) is 0. The van der Waals surface area contributed by atoms with Crippen LogP contribution >= 0.6 is 15.9 Å².